The first-order chi connectivity index (χ1) is 27.3. The van der Waals surface area contributed by atoms with Crippen molar-refractivity contribution in [2.24, 2.45) is 17.8 Å². The first kappa shape index (κ1) is 42.3. The summed E-state index contributed by atoms with van der Waals surface area (Å²) in [5.41, 5.74) is 10.8. The van der Waals surface area contributed by atoms with E-state index in [0.29, 0.717) is 0 Å². The molecule has 0 saturated heterocycles. The van der Waals surface area contributed by atoms with Gasteiger partial charge in [0.15, 0.2) is 0 Å². The second kappa shape index (κ2) is 16.9. The van der Waals surface area contributed by atoms with Crippen LogP contribution in [-0.2, 0) is 10.8 Å². The third-order valence-corrected chi connectivity index (χ3v) is 10.6. The van der Waals surface area contributed by atoms with E-state index in [4.69, 9.17) is 12.6 Å². The molecule has 0 bridgehead atoms. The van der Waals surface area contributed by atoms with E-state index < -0.39 is 0 Å². The van der Waals surface area contributed by atoms with Gasteiger partial charge in [0.1, 0.15) is 0 Å². The van der Waals surface area contributed by atoms with Crippen molar-refractivity contribution in [2.75, 3.05) is 0 Å². The van der Waals surface area contributed by atoms with Gasteiger partial charge in [-0.15, -0.1) is 12.6 Å². The lowest BCUT2D eigenvalue weighted by atomic mass is 9.81. The fourth-order valence-electron chi connectivity index (χ4n) is 7.33. The standard InChI is InChI=1S/C57H58S/c1-14-15-51(58)27-26-46-35-50(57(11,12)13)34-45(21-18-38(6)7)53(46)48-30-41-24-22-39-28-47(29-40-23-25-42(31-48)55(41)54(39)40)52-43(19-16-36(2)3)32-49(56(8,9)10)33-44(52)20-17-37(4)5/h15,22-25,28-38,58H,14H2,1-13H3/b51-15-. The van der Waals surface area contributed by atoms with Gasteiger partial charge in [-0.25, -0.2) is 0 Å². The lowest BCUT2D eigenvalue weighted by Gasteiger charge is -2.23. The molecule has 0 N–H and O–H groups in total. The summed E-state index contributed by atoms with van der Waals surface area (Å²) in [6, 6.07) is 27.6. The molecular formula is C57H58S. The van der Waals surface area contributed by atoms with Gasteiger partial charge >= 0.3 is 0 Å². The summed E-state index contributed by atoms with van der Waals surface area (Å²) >= 11 is 4.69. The van der Waals surface area contributed by atoms with Gasteiger partial charge < -0.3 is 0 Å². The summed E-state index contributed by atoms with van der Waals surface area (Å²) in [5, 5.41) is 7.35. The Morgan fingerprint density at radius 3 is 1.10 bits per heavy atom. The number of allylic oxidation sites excluding steroid dienone is 2. The van der Waals surface area contributed by atoms with Gasteiger partial charge in [-0.2, -0.15) is 0 Å². The Hall–Kier alpha value is -5.31. The van der Waals surface area contributed by atoms with Crippen LogP contribution in [0.1, 0.15) is 130 Å². The van der Waals surface area contributed by atoms with Crippen molar-refractivity contribution >= 4 is 44.9 Å². The molecule has 0 nitrogen and oxygen atoms in total. The maximum atomic E-state index is 4.69. The summed E-state index contributed by atoms with van der Waals surface area (Å²) < 4.78 is 0. The number of hydrogen-bond donors (Lipinski definition) is 1. The second-order valence-corrected chi connectivity index (χ2v) is 19.1. The topological polar surface area (TPSA) is 0 Å². The molecular weight excluding hydrogens is 717 g/mol. The zero-order chi connectivity index (χ0) is 42.1. The third-order valence-electron chi connectivity index (χ3n) is 10.3. The molecule has 0 fully saturated rings. The molecule has 6 aromatic rings. The highest BCUT2D eigenvalue weighted by atomic mass is 32.1. The first-order valence-electron chi connectivity index (χ1n) is 20.9. The molecule has 0 aliphatic rings. The van der Waals surface area contributed by atoms with Gasteiger partial charge in [0.05, 0.1) is 4.91 Å². The summed E-state index contributed by atoms with van der Waals surface area (Å²) in [6.07, 6.45) is 2.94. The van der Waals surface area contributed by atoms with Gasteiger partial charge in [-0.3, -0.25) is 0 Å². The van der Waals surface area contributed by atoms with Crippen LogP contribution in [-0.4, -0.2) is 0 Å². The second-order valence-electron chi connectivity index (χ2n) is 18.6. The molecule has 0 radical (unpaired) electrons. The van der Waals surface area contributed by atoms with E-state index in [0.717, 1.165) is 55.8 Å². The molecule has 0 heterocycles. The molecule has 0 spiro atoms. The Kier molecular flexibility index (Phi) is 12.3. The minimum absolute atomic E-state index is 0.0430. The van der Waals surface area contributed by atoms with Crippen LogP contribution < -0.4 is 0 Å². The summed E-state index contributed by atoms with van der Waals surface area (Å²) in [7, 11) is 0. The van der Waals surface area contributed by atoms with E-state index in [1.54, 1.807) is 0 Å². The smallest absolute Gasteiger partial charge is 0.0506 e. The largest absolute Gasteiger partial charge is 0.135 e. The van der Waals surface area contributed by atoms with Gasteiger partial charge in [-0.1, -0.05) is 168 Å². The lowest BCUT2D eigenvalue weighted by Crippen LogP contribution is -2.12. The van der Waals surface area contributed by atoms with E-state index >= 15 is 0 Å². The summed E-state index contributed by atoms with van der Waals surface area (Å²) in [4.78, 5) is 0.780. The van der Waals surface area contributed by atoms with Crippen molar-refractivity contribution in [1.82, 2.24) is 0 Å². The highest BCUT2D eigenvalue weighted by molar-refractivity contribution is 7.84. The fraction of sp³-hybridized carbons (Fsp3) is 0.333. The van der Waals surface area contributed by atoms with Gasteiger partial charge in [0.2, 0.25) is 0 Å². The molecule has 0 amide bonds. The molecule has 0 aliphatic carbocycles. The van der Waals surface area contributed by atoms with E-state index in [1.807, 2.05) is 0 Å². The zero-order valence-electron chi connectivity index (χ0n) is 36.9. The maximum Gasteiger partial charge on any atom is 0.0506 e. The summed E-state index contributed by atoms with van der Waals surface area (Å²) in [5.74, 6) is 28.8. The molecule has 0 saturated carbocycles. The van der Waals surface area contributed by atoms with Gasteiger partial charge in [0, 0.05) is 51.1 Å². The van der Waals surface area contributed by atoms with Gasteiger partial charge in [-0.05, 0) is 120 Å². The zero-order valence-corrected chi connectivity index (χ0v) is 37.8. The van der Waals surface area contributed by atoms with Crippen LogP contribution in [0.2, 0.25) is 0 Å². The van der Waals surface area contributed by atoms with Crippen LogP contribution in [0.25, 0.3) is 54.6 Å². The molecule has 0 atom stereocenters. The molecule has 0 aromatic heterocycles. The predicted molar refractivity (Wildman–Crippen MR) is 258 cm³/mol. The molecule has 6 rings (SSSR count). The highest BCUT2D eigenvalue weighted by Crippen LogP contribution is 2.43. The maximum absolute atomic E-state index is 4.69. The third kappa shape index (κ3) is 9.35. The van der Waals surface area contributed by atoms with Crippen molar-refractivity contribution in [3.05, 3.63) is 117 Å². The molecule has 1 heteroatoms. The van der Waals surface area contributed by atoms with Crippen molar-refractivity contribution < 1.29 is 0 Å². The number of benzene rings is 6. The lowest BCUT2D eigenvalue weighted by molar-refractivity contribution is 0.589. The molecule has 292 valence electrons. The average molecular weight is 775 g/mol. The highest BCUT2D eigenvalue weighted by Gasteiger charge is 2.22. The normalized spacial score (nSPS) is 12.1. The van der Waals surface area contributed by atoms with Crippen LogP contribution in [0.3, 0.4) is 0 Å². The van der Waals surface area contributed by atoms with Crippen LogP contribution in [0.4, 0.5) is 0 Å². The van der Waals surface area contributed by atoms with Crippen LogP contribution in [0.5, 0.6) is 0 Å². The Bertz CT molecular complexity index is 2710. The Balaban J connectivity index is 1.63. The SMILES string of the molecule is CC/C=C(\S)C#Cc1cc(C(C)(C)C)cc(C#CC(C)C)c1-c1cc2ccc3cc(-c4c(C#CC(C)C)cc(C(C)(C)C)cc4C#CC(C)C)cc4ccc(c1)c2c34. The van der Waals surface area contributed by atoms with Gasteiger partial charge in [0.25, 0.3) is 0 Å². The number of rotatable bonds is 3. The fourth-order valence-corrected chi connectivity index (χ4v) is 7.57. The molecule has 58 heavy (non-hydrogen) atoms. The van der Waals surface area contributed by atoms with Crippen LogP contribution in [0.15, 0.2) is 83.8 Å². The molecule has 0 aliphatic heterocycles. The van der Waals surface area contributed by atoms with E-state index in [2.05, 4.69) is 216 Å². The van der Waals surface area contributed by atoms with Crippen molar-refractivity contribution in [1.29, 1.82) is 0 Å². The van der Waals surface area contributed by atoms with E-state index in [9.17, 15) is 0 Å². The summed E-state index contributed by atoms with van der Waals surface area (Å²) in [6.45, 7) is 28.5. The Labute approximate surface area is 355 Å². The number of thiol groups is 1. The monoisotopic (exact) mass is 774 g/mol. The number of hydrogen-bond acceptors (Lipinski definition) is 1. The van der Waals surface area contributed by atoms with E-state index in [1.165, 1.54) is 43.4 Å². The van der Waals surface area contributed by atoms with Crippen molar-refractivity contribution in [2.45, 2.75) is 107 Å². The van der Waals surface area contributed by atoms with Crippen molar-refractivity contribution in [3.63, 3.8) is 0 Å². The van der Waals surface area contributed by atoms with Crippen LogP contribution >= 0.6 is 12.6 Å². The Morgan fingerprint density at radius 2 is 0.828 bits per heavy atom. The van der Waals surface area contributed by atoms with E-state index in [-0.39, 0.29) is 28.6 Å². The Morgan fingerprint density at radius 1 is 0.517 bits per heavy atom. The predicted octanol–water partition coefficient (Wildman–Crippen LogP) is 15.1. The first-order valence-corrected chi connectivity index (χ1v) is 21.3. The van der Waals surface area contributed by atoms with Crippen molar-refractivity contribution in [3.8, 4) is 69.6 Å². The molecule has 0 unspecified atom stereocenters. The minimum Gasteiger partial charge on any atom is -0.135 e. The molecule has 6 aromatic carbocycles. The average Bonchev–Trinajstić information content (AvgIpc) is 3.15. The minimum atomic E-state index is -0.0727. The quantitative estimate of drug-likeness (QED) is 0.103. The van der Waals surface area contributed by atoms with Crippen LogP contribution in [0, 0.1) is 65.1 Å².